The molecular weight excluding hydrogens is 422 g/mol. The Kier molecular flexibility index (Phi) is 6.75. The molecule has 2 aromatic carbocycles. The third-order valence-electron chi connectivity index (χ3n) is 7.28. The van der Waals surface area contributed by atoms with Gasteiger partial charge in [-0.25, -0.2) is 0 Å². The van der Waals surface area contributed by atoms with Crippen molar-refractivity contribution in [3.05, 3.63) is 101 Å². The molecule has 0 radical (unpaired) electrons. The highest BCUT2D eigenvalue weighted by Gasteiger charge is 2.38. The molecule has 5 nitrogen and oxygen atoms in total. The molecule has 2 fully saturated rings. The van der Waals surface area contributed by atoms with Crippen LogP contribution in [-0.4, -0.2) is 40.0 Å². The molecule has 1 aromatic heterocycles. The molecule has 0 bridgehead atoms. The first-order chi connectivity index (χ1) is 16.6. The minimum atomic E-state index is -0.486. The number of carbonyl (C=O) groups is 1. The number of aliphatic hydroxyl groups excluding tert-OH is 1. The van der Waals surface area contributed by atoms with Gasteiger partial charge in [0, 0.05) is 30.9 Å². The summed E-state index contributed by atoms with van der Waals surface area (Å²) in [4.78, 5) is 19.7. The second kappa shape index (κ2) is 10.1. The van der Waals surface area contributed by atoms with E-state index in [9.17, 15) is 9.90 Å². The van der Waals surface area contributed by atoms with Crippen molar-refractivity contribution in [1.29, 1.82) is 0 Å². The normalized spacial score (nSPS) is 21.7. The van der Waals surface area contributed by atoms with Gasteiger partial charge in [-0.3, -0.25) is 9.78 Å². The Morgan fingerprint density at radius 1 is 1.00 bits per heavy atom. The van der Waals surface area contributed by atoms with Crippen molar-refractivity contribution in [2.45, 2.75) is 56.3 Å². The molecule has 1 saturated heterocycles. The molecule has 3 aromatic rings. The third-order valence-corrected chi connectivity index (χ3v) is 7.28. The average molecular weight is 456 g/mol. The van der Waals surface area contributed by atoms with Crippen LogP contribution in [0.1, 0.15) is 65.0 Å². The zero-order chi connectivity index (χ0) is 23.5. The summed E-state index contributed by atoms with van der Waals surface area (Å²) >= 11 is 0. The molecule has 4 atom stereocenters. The number of nitrogens with one attached hydrogen (secondary N) is 1. The predicted molar refractivity (Wildman–Crippen MR) is 133 cm³/mol. The van der Waals surface area contributed by atoms with E-state index in [1.54, 1.807) is 6.20 Å². The van der Waals surface area contributed by atoms with Gasteiger partial charge >= 0.3 is 0 Å². The Hall–Kier alpha value is -3.02. The summed E-state index contributed by atoms with van der Waals surface area (Å²) in [6.45, 7) is 0. The van der Waals surface area contributed by atoms with Gasteiger partial charge in [0.15, 0.2) is 0 Å². The summed E-state index contributed by atoms with van der Waals surface area (Å²) in [6.07, 6.45) is 6.49. The highest BCUT2D eigenvalue weighted by atomic mass is 16.3. The summed E-state index contributed by atoms with van der Waals surface area (Å²) in [5.74, 6) is 0.537. The Labute approximate surface area is 201 Å². The lowest BCUT2D eigenvalue weighted by atomic mass is 10.0. The third kappa shape index (κ3) is 5.06. The maximum absolute atomic E-state index is 13.3. The van der Waals surface area contributed by atoms with E-state index in [0.29, 0.717) is 17.5 Å². The molecule has 0 spiro atoms. The summed E-state index contributed by atoms with van der Waals surface area (Å²) in [5, 5.41) is 14.3. The van der Waals surface area contributed by atoms with Crippen molar-refractivity contribution in [3.63, 3.8) is 0 Å². The Bertz CT molecular complexity index is 1080. The van der Waals surface area contributed by atoms with Crippen LogP contribution in [0.15, 0.2) is 79.0 Å². The largest absolute Gasteiger partial charge is 0.387 e. The Morgan fingerprint density at radius 2 is 1.74 bits per heavy atom. The fourth-order valence-electron chi connectivity index (χ4n) is 5.26. The van der Waals surface area contributed by atoms with Crippen molar-refractivity contribution in [2.24, 2.45) is 5.92 Å². The van der Waals surface area contributed by atoms with Gasteiger partial charge in [0.05, 0.1) is 17.8 Å². The van der Waals surface area contributed by atoms with E-state index in [2.05, 4.69) is 22.4 Å². The number of hydrogen-bond acceptors (Lipinski definition) is 4. The molecule has 1 aliphatic carbocycles. The van der Waals surface area contributed by atoms with E-state index in [0.717, 1.165) is 43.4 Å². The van der Waals surface area contributed by atoms with E-state index < -0.39 is 6.10 Å². The fourth-order valence-corrected chi connectivity index (χ4v) is 5.26. The topological polar surface area (TPSA) is 65.5 Å². The molecular formula is C29H33N3O2. The van der Waals surface area contributed by atoms with E-state index in [4.69, 9.17) is 0 Å². The first-order valence-corrected chi connectivity index (χ1v) is 12.4. The number of aromatic nitrogens is 1. The lowest BCUT2D eigenvalue weighted by Crippen LogP contribution is -2.35. The van der Waals surface area contributed by atoms with Crippen LogP contribution in [0.5, 0.6) is 0 Å². The highest BCUT2D eigenvalue weighted by molar-refractivity contribution is 5.94. The maximum Gasteiger partial charge on any atom is 0.254 e. The molecule has 2 N–H and O–H groups in total. The number of carbonyl (C=O) groups excluding carboxylic acids is 1. The predicted octanol–water partition coefficient (Wildman–Crippen LogP) is 4.70. The summed E-state index contributed by atoms with van der Waals surface area (Å²) < 4.78 is 0. The van der Waals surface area contributed by atoms with Crippen LogP contribution in [0.4, 0.5) is 0 Å². The van der Waals surface area contributed by atoms with Crippen LogP contribution in [0.25, 0.3) is 0 Å². The summed E-state index contributed by atoms with van der Waals surface area (Å²) in [7, 11) is 1.90. The quantitative estimate of drug-likeness (QED) is 0.517. The van der Waals surface area contributed by atoms with Crippen LogP contribution in [0.2, 0.25) is 0 Å². The van der Waals surface area contributed by atoms with Gasteiger partial charge in [0.1, 0.15) is 0 Å². The number of nitrogens with zero attached hydrogens (tertiary/aromatic N) is 2. The lowest BCUT2D eigenvalue weighted by molar-refractivity contribution is 0.0707. The molecule has 176 valence electrons. The molecule has 5 rings (SSSR count). The van der Waals surface area contributed by atoms with Crippen molar-refractivity contribution >= 4 is 5.91 Å². The smallest absolute Gasteiger partial charge is 0.254 e. The minimum Gasteiger partial charge on any atom is -0.387 e. The first-order valence-electron chi connectivity index (χ1n) is 12.4. The van der Waals surface area contributed by atoms with Gasteiger partial charge in [-0.1, -0.05) is 48.5 Å². The SMILES string of the molecule is CN(C(=O)c1ccc(C[C@@H]2CC[C@H]([C@H](O)c3ccccc3)N2)cc1)C(c1ccccn1)C1CC1. The fraction of sp³-hybridized carbons (Fsp3) is 0.379. The second-order valence-corrected chi connectivity index (χ2v) is 9.76. The first kappa shape index (κ1) is 22.8. The van der Waals surface area contributed by atoms with Crippen LogP contribution < -0.4 is 5.32 Å². The van der Waals surface area contributed by atoms with Crippen molar-refractivity contribution in [1.82, 2.24) is 15.2 Å². The zero-order valence-electron chi connectivity index (χ0n) is 19.7. The van der Waals surface area contributed by atoms with E-state index in [1.807, 2.05) is 72.6 Å². The van der Waals surface area contributed by atoms with E-state index >= 15 is 0 Å². The monoisotopic (exact) mass is 455 g/mol. The van der Waals surface area contributed by atoms with Gasteiger partial charge in [-0.15, -0.1) is 0 Å². The van der Waals surface area contributed by atoms with Crippen LogP contribution >= 0.6 is 0 Å². The molecule has 1 saturated carbocycles. The molecule has 2 heterocycles. The van der Waals surface area contributed by atoms with E-state index in [1.165, 1.54) is 5.56 Å². The summed E-state index contributed by atoms with van der Waals surface area (Å²) in [5.41, 5.74) is 3.85. The summed E-state index contributed by atoms with van der Waals surface area (Å²) in [6, 6.07) is 24.3. The van der Waals surface area contributed by atoms with E-state index in [-0.39, 0.29) is 18.0 Å². The molecule has 1 amide bonds. The molecule has 1 unspecified atom stereocenters. The minimum absolute atomic E-state index is 0.0315. The number of benzene rings is 2. The van der Waals surface area contributed by atoms with Crippen molar-refractivity contribution in [2.75, 3.05) is 7.05 Å². The highest BCUT2D eigenvalue weighted by Crippen LogP contribution is 2.43. The van der Waals surface area contributed by atoms with Gasteiger partial charge in [-0.05, 0) is 73.4 Å². The van der Waals surface area contributed by atoms with Crippen LogP contribution in [-0.2, 0) is 6.42 Å². The van der Waals surface area contributed by atoms with Crippen LogP contribution in [0.3, 0.4) is 0 Å². The number of rotatable bonds is 8. The number of hydrogen-bond donors (Lipinski definition) is 2. The standard InChI is InChI=1S/C29H33N3O2/c1-32(27(21-14-15-21)25-9-5-6-18-30-25)29(34)23-12-10-20(11-13-23)19-24-16-17-26(31-24)28(33)22-7-3-2-4-8-22/h2-13,18,21,24,26-28,31,33H,14-17,19H2,1H3/t24-,26+,27?,28+/m0/s1. The second-order valence-electron chi connectivity index (χ2n) is 9.76. The molecule has 1 aliphatic heterocycles. The van der Waals surface area contributed by atoms with Gasteiger partial charge in [-0.2, -0.15) is 0 Å². The lowest BCUT2D eigenvalue weighted by Gasteiger charge is -2.28. The number of aliphatic hydroxyl groups is 1. The van der Waals surface area contributed by atoms with Gasteiger partial charge < -0.3 is 15.3 Å². The zero-order valence-corrected chi connectivity index (χ0v) is 19.7. The Morgan fingerprint density at radius 3 is 2.41 bits per heavy atom. The number of pyridine rings is 1. The Balaban J connectivity index is 1.20. The van der Waals surface area contributed by atoms with Gasteiger partial charge in [0.2, 0.25) is 0 Å². The molecule has 2 aliphatic rings. The van der Waals surface area contributed by atoms with Crippen molar-refractivity contribution in [3.8, 4) is 0 Å². The van der Waals surface area contributed by atoms with Crippen LogP contribution in [0, 0.1) is 5.92 Å². The van der Waals surface area contributed by atoms with Gasteiger partial charge in [0.25, 0.3) is 5.91 Å². The molecule has 5 heteroatoms. The number of amides is 1. The van der Waals surface area contributed by atoms with Crippen molar-refractivity contribution < 1.29 is 9.90 Å². The molecule has 34 heavy (non-hydrogen) atoms. The maximum atomic E-state index is 13.3. The average Bonchev–Trinajstić information content (AvgIpc) is 3.61.